The molecule has 0 saturated heterocycles. The van der Waals surface area contributed by atoms with E-state index in [1.807, 2.05) is 49.4 Å². The van der Waals surface area contributed by atoms with E-state index < -0.39 is 0 Å². The number of rotatable bonds is 6. The van der Waals surface area contributed by atoms with Crippen molar-refractivity contribution in [2.75, 3.05) is 23.3 Å². The maximum Gasteiger partial charge on any atom is 0.258 e. The Kier molecular flexibility index (Phi) is 7.42. The van der Waals surface area contributed by atoms with Gasteiger partial charge in [0.15, 0.2) is 5.11 Å². The third kappa shape index (κ3) is 5.20. The zero-order valence-electron chi connectivity index (χ0n) is 19.2. The van der Waals surface area contributed by atoms with Crippen LogP contribution >= 0.6 is 34.8 Å². The van der Waals surface area contributed by atoms with Crippen molar-refractivity contribution in [3.05, 3.63) is 75.4 Å². The molecule has 34 heavy (non-hydrogen) atoms. The second-order valence-corrected chi connectivity index (χ2v) is 9.29. The monoisotopic (exact) mass is 584 g/mol. The van der Waals surface area contributed by atoms with E-state index in [2.05, 4.69) is 74.3 Å². The number of amides is 1. The highest BCUT2D eigenvalue weighted by Gasteiger charge is 2.13. The van der Waals surface area contributed by atoms with Crippen LogP contribution in [0.25, 0.3) is 16.7 Å². The molecule has 0 aliphatic carbocycles. The van der Waals surface area contributed by atoms with Crippen LogP contribution in [0.3, 0.4) is 0 Å². The highest BCUT2D eigenvalue weighted by atomic mass is 127. The lowest BCUT2D eigenvalue weighted by atomic mass is 10.2. The smallest absolute Gasteiger partial charge is 0.258 e. The fourth-order valence-corrected chi connectivity index (χ4v) is 4.51. The lowest BCUT2D eigenvalue weighted by Gasteiger charge is -2.20. The number of aryl methyl sites for hydroxylation is 1. The van der Waals surface area contributed by atoms with E-state index in [0.29, 0.717) is 5.56 Å². The van der Waals surface area contributed by atoms with Gasteiger partial charge in [0.1, 0.15) is 11.0 Å². The van der Waals surface area contributed by atoms with Crippen molar-refractivity contribution in [1.82, 2.24) is 20.3 Å². The predicted octanol–water partition coefficient (Wildman–Crippen LogP) is 5.31. The zero-order valence-corrected chi connectivity index (χ0v) is 22.1. The van der Waals surface area contributed by atoms with Crippen molar-refractivity contribution in [1.29, 1.82) is 0 Å². The third-order valence-electron chi connectivity index (χ3n) is 5.53. The molecular formula is C25H25IN6OS. The first-order valence-corrected chi connectivity index (χ1v) is 12.5. The maximum atomic E-state index is 12.6. The van der Waals surface area contributed by atoms with Crippen molar-refractivity contribution in [2.24, 2.45) is 0 Å². The Bertz CT molecular complexity index is 1350. The summed E-state index contributed by atoms with van der Waals surface area (Å²) in [5.41, 5.74) is 5.87. The maximum absolute atomic E-state index is 12.6. The van der Waals surface area contributed by atoms with Crippen LogP contribution in [-0.2, 0) is 0 Å². The summed E-state index contributed by atoms with van der Waals surface area (Å²) in [6.07, 6.45) is 0. The molecule has 3 aromatic carbocycles. The number of aromatic nitrogens is 3. The first-order valence-electron chi connectivity index (χ1n) is 11.0. The van der Waals surface area contributed by atoms with Crippen LogP contribution in [-0.4, -0.2) is 39.1 Å². The Hall–Kier alpha value is -3.05. The molecule has 0 fully saturated rings. The minimum Gasteiger partial charge on any atom is -0.372 e. The number of carbonyl (C=O) groups is 1. The molecule has 0 atom stereocenters. The third-order valence-corrected chi connectivity index (χ3v) is 6.67. The van der Waals surface area contributed by atoms with Gasteiger partial charge in [-0.25, -0.2) is 0 Å². The second kappa shape index (κ2) is 10.5. The molecule has 0 bridgehead atoms. The van der Waals surface area contributed by atoms with Gasteiger partial charge in [0.2, 0.25) is 0 Å². The van der Waals surface area contributed by atoms with Crippen LogP contribution in [0, 0.1) is 10.5 Å². The molecule has 2 N–H and O–H groups in total. The number of halogens is 1. The summed E-state index contributed by atoms with van der Waals surface area (Å²) in [5, 5.41) is 15.4. The first kappa shape index (κ1) is 24.1. The highest BCUT2D eigenvalue weighted by Crippen LogP contribution is 2.23. The number of carbonyl (C=O) groups excluding carboxylic acids is 1. The molecule has 174 valence electrons. The number of anilines is 2. The van der Waals surface area contributed by atoms with Gasteiger partial charge in [-0.15, -0.1) is 10.2 Å². The van der Waals surface area contributed by atoms with Crippen LogP contribution in [0.1, 0.15) is 29.8 Å². The van der Waals surface area contributed by atoms with Gasteiger partial charge in [-0.3, -0.25) is 10.1 Å². The van der Waals surface area contributed by atoms with Crippen molar-refractivity contribution >= 4 is 68.2 Å². The zero-order chi connectivity index (χ0) is 24.2. The molecule has 9 heteroatoms. The molecule has 1 aromatic heterocycles. The van der Waals surface area contributed by atoms with Crippen molar-refractivity contribution in [2.45, 2.75) is 20.8 Å². The Morgan fingerprint density at radius 1 is 1.03 bits per heavy atom. The summed E-state index contributed by atoms with van der Waals surface area (Å²) in [5.74, 6) is -0.250. The predicted molar refractivity (Wildman–Crippen MR) is 150 cm³/mol. The molecule has 1 heterocycles. The topological polar surface area (TPSA) is 75.1 Å². The van der Waals surface area contributed by atoms with Crippen molar-refractivity contribution in [3.8, 4) is 5.69 Å². The van der Waals surface area contributed by atoms with Crippen LogP contribution < -0.4 is 15.5 Å². The Morgan fingerprint density at radius 3 is 2.32 bits per heavy atom. The Morgan fingerprint density at radius 2 is 1.68 bits per heavy atom. The van der Waals surface area contributed by atoms with Crippen LogP contribution in [0.5, 0.6) is 0 Å². The van der Waals surface area contributed by atoms with Gasteiger partial charge >= 0.3 is 0 Å². The number of hydrogen-bond donors (Lipinski definition) is 2. The van der Waals surface area contributed by atoms with E-state index in [0.717, 1.165) is 44.6 Å². The minimum absolute atomic E-state index is 0.228. The molecule has 0 aliphatic rings. The fourth-order valence-electron chi connectivity index (χ4n) is 3.67. The van der Waals surface area contributed by atoms with Gasteiger partial charge in [-0.2, -0.15) is 4.80 Å². The van der Waals surface area contributed by atoms with Crippen molar-refractivity contribution < 1.29 is 4.79 Å². The van der Waals surface area contributed by atoms with E-state index in [4.69, 9.17) is 12.2 Å². The summed E-state index contributed by atoms with van der Waals surface area (Å²) in [6.45, 7) is 8.17. The number of nitrogens with zero attached hydrogens (tertiary/aromatic N) is 4. The normalized spacial score (nSPS) is 10.8. The summed E-state index contributed by atoms with van der Waals surface area (Å²) in [4.78, 5) is 16.5. The van der Waals surface area contributed by atoms with Gasteiger partial charge in [-0.05, 0) is 110 Å². The lowest BCUT2D eigenvalue weighted by molar-refractivity contribution is 0.0977. The van der Waals surface area contributed by atoms with E-state index in [1.54, 1.807) is 10.9 Å². The molecule has 0 unspecified atom stereocenters. The molecular weight excluding hydrogens is 559 g/mol. The van der Waals surface area contributed by atoms with E-state index in [-0.39, 0.29) is 11.0 Å². The quantitative estimate of drug-likeness (QED) is 0.237. The summed E-state index contributed by atoms with van der Waals surface area (Å²) in [6, 6.07) is 19.4. The number of thiocarbonyl (C=S) groups is 1. The Labute approximate surface area is 217 Å². The van der Waals surface area contributed by atoms with Gasteiger partial charge in [0.25, 0.3) is 5.91 Å². The summed E-state index contributed by atoms with van der Waals surface area (Å²) in [7, 11) is 0. The molecule has 0 radical (unpaired) electrons. The number of fused-ring (bicyclic) bond motifs is 1. The van der Waals surface area contributed by atoms with E-state index in [9.17, 15) is 4.79 Å². The number of benzene rings is 3. The fraction of sp³-hybridized carbons (Fsp3) is 0.200. The number of nitrogens with one attached hydrogen (secondary N) is 2. The van der Waals surface area contributed by atoms with Gasteiger partial charge < -0.3 is 10.2 Å². The SMILES string of the molecule is CCN(CC)c1ccc(-n2nc3cc(C)c(NC(=S)NC(=O)c4ccccc4I)cc3n2)cc1. The largest absolute Gasteiger partial charge is 0.372 e. The molecule has 7 nitrogen and oxygen atoms in total. The molecule has 0 spiro atoms. The first-order chi connectivity index (χ1) is 16.4. The van der Waals surface area contributed by atoms with Crippen LogP contribution in [0.2, 0.25) is 0 Å². The Balaban J connectivity index is 1.52. The van der Waals surface area contributed by atoms with Gasteiger partial charge in [0.05, 0.1) is 11.3 Å². The molecule has 1 amide bonds. The highest BCUT2D eigenvalue weighted by molar-refractivity contribution is 14.1. The molecule has 4 aromatic rings. The average molecular weight is 584 g/mol. The van der Waals surface area contributed by atoms with Gasteiger partial charge in [0, 0.05) is 28.0 Å². The van der Waals surface area contributed by atoms with E-state index >= 15 is 0 Å². The second-order valence-electron chi connectivity index (χ2n) is 7.72. The lowest BCUT2D eigenvalue weighted by Crippen LogP contribution is -2.34. The van der Waals surface area contributed by atoms with E-state index in [1.165, 1.54) is 5.69 Å². The molecule has 4 rings (SSSR count). The summed E-state index contributed by atoms with van der Waals surface area (Å²) < 4.78 is 0.861. The summed E-state index contributed by atoms with van der Waals surface area (Å²) >= 11 is 7.51. The average Bonchev–Trinajstić information content (AvgIpc) is 3.23. The molecule has 0 saturated carbocycles. The van der Waals surface area contributed by atoms with Gasteiger partial charge in [-0.1, -0.05) is 12.1 Å². The number of hydrogen-bond acceptors (Lipinski definition) is 5. The van der Waals surface area contributed by atoms with Crippen molar-refractivity contribution in [3.63, 3.8) is 0 Å². The standard InChI is InChI=1S/C25H25IN6OS/c1-4-31(5-2)17-10-12-18(13-11-17)32-29-22-14-16(3)21(15-23(22)30-32)27-25(34)28-24(33)19-8-6-7-9-20(19)26/h6-15H,4-5H2,1-3H3,(H2,27,28,33,34). The molecule has 0 aliphatic heterocycles. The minimum atomic E-state index is -0.250. The van der Waals surface area contributed by atoms with Crippen LogP contribution in [0.15, 0.2) is 60.7 Å². The van der Waals surface area contributed by atoms with Crippen LogP contribution in [0.4, 0.5) is 11.4 Å².